The number of fused-ring (bicyclic) bond motifs is 1. The van der Waals surface area contributed by atoms with Crippen LogP contribution >= 0.6 is 0 Å². The van der Waals surface area contributed by atoms with E-state index in [4.69, 9.17) is 13.4 Å². The largest absolute Gasteiger partial charge is 0.455 e. The Morgan fingerprint density at radius 2 is 1.85 bits per heavy atom. The first-order valence-corrected chi connectivity index (χ1v) is 8.55. The van der Waals surface area contributed by atoms with Crippen molar-refractivity contribution in [1.29, 1.82) is 0 Å². The zero-order chi connectivity index (χ0) is 18.1. The van der Waals surface area contributed by atoms with Crippen LogP contribution in [0.3, 0.4) is 0 Å². The topological polar surface area (TPSA) is 94.2 Å². The quantitative estimate of drug-likeness (QED) is 0.518. The van der Waals surface area contributed by atoms with Gasteiger partial charge in [-0.1, -0.05) is 19.0 Å². The van der Waals surface area contributed by atoms with Crippen LogP contribution in [0.25, 0.3) is 34.2 Å². The Morgan fingerprint density at radius 1 is 1.04 bits per heavy atom. The van der Waals surface area contributed by atoms with E-state index in [-0.39, 0.29) is 0 Å². The fraction of sp³-hybridized carbons (Fsp3) is 0.333. The van der Waals surface area contributed by atoms with Crippen LogP contribution in [0.5, 0.6) is 0 Å². The standard InChI is InChI=1S/C18H19N5O3/c1-4-23(5-2)10-13-6-7-15(24-13)18-21-20-16(25-18)12-8-14-11(3)22-26-17(14)19-9-12/h6-9H,4-5,10H2,1-3H3. The molecular weight excluding hydrogens is 334 g/mol. The van der Waals surface area contributed by atoms with Gasteiger partial charge in [-0.15, -0.1) is 10.2 Å². The normalized spacial score (nSPS) is 11.7. The molecule has 0 saturated heterocycles. The van der Waals surface area contributed by atoms with Gasteiger partial charge >= 0.3 is 0 Å². The molecule has 134 valence electrons. The van der Waals surface area contributed by atoms with E-state index < -0.39 is 0 Å². The molecule has 0 aliphatic rings. The van der Waals surface area contributed by atoms with Crippen molar-refractivity contribution in [3.05, 3.63) is 35.9 Å². The number of aryl methyl sites for hydroxylation is 1. The van der Waals surface area contributed by atoms with Crippen molar-refractivity contribution in [3.8, 4) is 23.1 Å². The van der Waals surface area contributed by atoms with Gasteiger partial charge in [0.15, 0.2) is 5.76 Å². The molecule has 4 aromatic heterocycles. The van der Waals surface area contributed by atoms with Crippen LogP contribution in [0.1, 0.15) is 25.3 Å². The van der Waals surface area contributed by atoms with Gasteiger partial charge in [-0.3, -0.25) is 4.90 Å². The maximum absolute atomic E-state index is 5.85. The first kappa shape index (κ1) is 16.5. The lowest BCUT2D eigenvalue weighted by molar-refractivity contribution is 0.269. The molecular formula is C18H19N5O3. The van der Waals surface area contributed by atoms with Crippen LogP contribution in [0.2, 0.25) is 0 Å². The van der Waals surface area contributed by atoms with Crippen molar-refractivity contribution >= 4 is 11.1 Å². The zero-order valence-corrected chi connectivity index (χ0v) is 14.9. The van der Waals surface area contributed by atoms with Gasteiger partial charge in [-0.2, -0.15) is 0 Å². The Bertz CT molecular complexity index is 1030. The summed E-state index contributed by atoms with van der Waals surface area (Å²) in [5.41, 5.74) is 1.96. The van der Waals surface area contributed by atoms with Crippen LogP contribution in [0.4, 0.5) is 0 Å². The number of rotatable bonds is 6. The molecule has 0 N–H and O–H groups in total. The lowest BCUT2D eigenvalue weighted by atomic mass is 10.2. The lowest BCUT2D eigenvalue weighted by Gasteiger charge is -2.15. The highest BCUT2D eigenvalue weighted by atomic mass is 16.5. The van der Waals surface area contributed by atoms with Crippen molar-refractivity contribution in [2.45, 2.75) is 27.3 Å². The Labute approximate surface area is 149 Å². The summed E-state index contributed by atoms with van der Waals surface area (Å²) in [6, 6.07) is 5.66. The average molecular weight is 353 g/mol. The van der Waals surface area contributed by atoms with Crippen molar-refractivity contribution in [3.63, 3.8) is 0 Å². The van der Waals surface area contributed by atoms with Crippen LogP contribution in [0.15, 0.2) is 37.8 Å². The van der Waals surface area contributed by atoms with Gasteiger partial charge in [-0.05, 0) is 38.2 Å². The second-order valence-corrected chi connectivity index (χ2v) is 5.98. The molecule has 0 aliphatic heterocycles. The van der Waals surface area contributed by atoms with Crippen LogP contribution in [0, 0.1) is 6.92 Å². The molecule has 26 heavy (non-hydrogen) atoms. The molecule has 0 atom stereocenters. The Kier molecular flexibility index (Phi) is 4.26. The SMILES string of the molecule is CCN(CC)Cc1ccc(-c2nnc(-c3cnc4onc(C)c4c3)o2)o1. The highest BCUT2D eigenvalue weighted by molar-refractivity contribution is 5.79. The molecule has 0 radical (unpaired) electrons. The lowest BCUT2D eigenvalue weighted by Crippen LogP contribution is -2.21. The predicted octanol–water partition coefficient (Wildman–Crippen LogP) is 3.68. The number of hydrogen-bond donors (Lipinski definition) is 0. The minimum atomic E-state index is 0.341. The highest BCUT2D eigenvalue weighted by Gasteiger charge is 2.16. The fourth-order valence-corrected chi connectivity index (χ4v) is 2.75. The molecule has 0 saturated carbocycles. The van der Waals surface area contributed by atoms with E-state index in [2.05, 4.69) is 39.1 Å². The second kappa shape index (κ2) is 6.72. The van der Waals surface area contributed by atoms with Crippen LogP contribution < -0.4 is 0 Å². The van der Waals surface area contributed by atoms with E-state index in [1.807, 2.05) is 25.1 Å². The molecule has 4 rings (SSSR count). The van der Waals surface area contributed by atoms with Gasteiger partial charge in [0.2, 0.25) is 5.89 Å². The Morgan fingerprint density at radius 3 is 2.65 bits per heavy atom. The maximum atomic E-state index is 5.85. The summed E-state index contributed by atoms with van der Waals surface area (Å²) in [4.78, 5) is 6.50. The first-order valence-electron chi connectivity index (χ1n) is 8.55. The summed E-state index contributed by atoms with van der Waals surface area (Å²) in [5, 5.41) is 12.9. The molecule has 4 heterocycles. The average Bonchev–Trinajstić information content (AvgIpc) is 3.39. The van der Waals surface area contributed by atoms with Gasteiger partial charge in [-0.25, -0.2) is 4.98 Å². The molecule has 0 fully saturated rings. The summed E-state index contributed by atoms with van der Waals surface area (Å²) in [6.45, 7) is 8.79. The fourth-order valence-electron chi connectivity index (χ4n) is 2.75. The predicted molar refractivity (Wildman–Crippen MR) is 94.2 cm³/mol. The Balaban J connectivity index is 1.59. The highest BCUT2D eigenvalue weighted by Crippen LogP contribution is 2.27. The minimum Gasteiger partial charge on any atom is -0.455 e. The number of nitrogens with zero attached hydrogens (tertiary/aromatic N) is 5. The smallest absolute Gasteiger partial charge is 0.283 e. The minimum absolute atomic E-state index is 0.341. The van der Waals surface area contributed by atoms with Gasteiger partial charge in [0.05, 0.1) is 23.2 Å². The number of hydrogen-bond acceptors (Lipinski definition) is 8. The maximum Gasteiger partial charge on any atom is 0.283 e. The van der Waals surface area contributed by atoms with Gasteiger partial charge in [0, 0.05) is 6.20 Å². The molecule has 4 aromatic rings. The molecule has 0 spiro atoms. The summed E-state index contributed by atoms with van der Waals surface area (Å²) in [7, 11) is 0. The monoisotopic (exact) mass is 353 g/mol. The molecule has 8 nitrogen and oxygen atoms in total. The number of furan rings is 1. The molecule has 0 aliphatic carbocycles. The third-order valence-electron chi connectivity index (χ3n) is 4.33. The third kappa shape index (κ3) is 2.99. The van der Waals surface area contributed by atoms with Crippen molar-refractivity contribution in [2.24, 2.45) is 0 Å². The van der Waals surface area contributed by atoms with Crippen LogP contribution in [-0.2, 0) is 6.54 Å². The van der Waals surface area contributed by atoms with Crippen LogP contribution in [-0.4, -0.2) is 38.3 Å². The van der Waals surface area contributed by atoms with Gasteiger partial charge < -0.3 is 13.4 Å². The van der Waals surface area contributed by atoms with E-state index >= 15 is 0 Å². The van der Waals surface area contributed by atoms with Gasteiger partial charge in [0.1, 0.15) is 5.76 Å². The summed E-state index contributed by atoms with van der Waals surface area (Å²) in [5.74, 6) is 2.14. The summed E-state index contributed by atoms with van der Waals surface area (Å²) < 4.78 is 16.7. The summed E-state index contributed by atoms with van der Waals surface area (Å²) in [6.07, 6.45) is 1.62. The summed E-state index contributed by atoms with van der Waals surface area (Å²) >= 11 is 0. The number of aromatic nitrogens is 4. The van der Waals surface area contributed by atoms with E-state index in [0.29, 0.717) is 28.8 Å². The van der Waals surface area contributed by atoms with Crippen molar-refractivity contribution < 1.29 is 13.4 Å². The van der Waals surface area contributed by atoms with E-state index in [1.165, 1.54) is 0 Å². The first-order chi connectivity index (χ1) is 12.7. The third-order valence-corrected chi connectivity index (χ3v) is 4.33. The molecule has 0 aromatic carbocycles. The molecule has 8 heteroatoms. The van der Waals surface area contributed by atoms with Gasteiger partial charge in [0.25, 0.3) is 11.6 Å². The van der Waals surface area contributed by atoms with E-state index in [9.17, 15) is 0 Å². The molecule has 0 amide bonds. The zero-order valence-electron chi connectivity index (χ0n) is 14.9. The Hall–Kier alpha value is -3.00. The van der Waals surface area contributed by atoms with E-state index in [0.717, 1.165) is 36.5 Å². The second-order valence-electron chi connectivity index (χ2n) is 5.98. The van der Waals surface area contributed by atoms with Crippen molar-refractivity contribution in [2.75, 3.05) is 13.1 Å². The molecule has 0 unspecified atom stereocenters. The number of pyridine rings is 1. The van der Waals surface area contributed by atoms with E-state index in [1.54, 1.807) is 6.20 Å². The van der Waals surface area contributed by atoms with Crippen molar-refractivity contribution in [1.82, 2.24) is 25.2 Å². The molecule has 0 bridgehead atoms.